The predicted octanol–water partition coefficient (Wildman–Crippen LogP) is 3.91. The number of unbranched alkanes of at least 4 members (excludes halogenated alkanes) is 3. The van der Waals surface area contributed by atoms with Crippen LogP contribution in [0.1, 0.15) is 91.9 Å². The van der Waals surface area contributed by atoms with Gasteiger partial charge >= 0.3 is 17.9 Å². The van der Waals surface area contributed by atoms with E-state index in [2.05, 4.69) is 11.7 Å². The fraction of sp³-hybridized carbons (Fsp3) is 0.815. The van der Waals surface area contributed by atoms with E-state index in [4.69, 9.17) is 9.47 Å². The molecule has 0 aromatic rings. The van der Waals surface area contributed by atoms with Crippen LogP contribution in [0.3, 0.4) is 0 Å². The summed E-state index contributed by atoms with van der Waals surface area (Å²) < 4.78 is 42.4. The van der Waals surface area contributed by atoms with Crippen LogP contribution in [-0.4, -0.2) is 67.9 Å². The lowest BCUT2D eigenvalue weighted by molar-refractivity contribution is -0.149. The molecule has 1 aliphatic rings. The molecule has 1 saturated carbocycles. The Labute approximate surface area is 222 Å². The van der Waals surface area contributed by atoms with Crippen molar-refractivity contribution in [2.24, 2.45) is 11.8 Å². The first-order valence-electron chi connectivity index (χ1n) is 13.4. The van der Waals surface area contributed by atoms with E-state index in [0.717, 1.165) is 19.3 Å². The monoisotopic (exact) mass is 546 g/mol. The van der Waals surface area contributed by atoms with Crippen molar-refractivity contribution in [2.45, 2.75) is 115 Å². The first-order chi connectivity index (χ1) is 17.5. The highest BCUT2D eigenvalue weighted by Crippen LogP contribution is 2.43. The topological polar surface area (TPSA) is 133 Å². The van der Waals surface area contributed by atoms with E-state index in [9.17, 15) is 27.9 Å². The zero-order valence-electron chi connectivity index (χ0n) is 23.0. The number of carbonyl (C=O) groups is 3. The zero-order chi connectivity index (χ0) is 28.0. The quantitative estimate of drug-likeness (QED) is 0.125. The maximum absolute atomic E-state index is 13.3. The smallest absolute Gasteiger partial charge is 0.305 e. The lowest BCUT2D eigenvalue weighted by atomic mass is 9.85. The molecule has 214 valence electrons. The Morgan fingerprint density at radius 1 is 1.05 bits per heavy atom. The molecule has 1 rings (SSSR count). The van der Waals surface area contributed by atoms with Crippen LogP contribution in [0.5, 0.6) is 0 Å². The van der Waals surface area contributed by atoms with E-state index in [0.29, 0.717) is 32.1 Å². The van der Waals surface area contributed by atoms with E-state index in [1.807, 2.05) is 12.2 Å². The lowest BCUT2D eigenvalue weighted by Gasteiger charge is -2.33. The molecule has 6 atom stereocenters. The summed E-state index contributed by atoms with van der Waals surface area (Å²) in [7, 11) is -2.30. The number of rotatable bonds is 17. The van der Waals surface area contributed by atoms with Gasteiger partial charge in [-0.3, -0.25) is 14.4 Å². The molecule has 0 spiro atoms. The number of hydrogen-bond donors (Lipinski definition) is 1. The molecule has 0 saturated heterocycles. The minimum atomic E-state index is -3.64. The Hall–Kier alpha value is -1.94. The van der Waals surface area contributed by atoms with Crippen LogP contribution in [0.4, 0.5) is 0 Å². The summed E-state index contributed by atoms with van der Waals surface area (Å²) in [6.45, 7) is 6.24. The molecular formula is C27H46O9S. The predicted molar refractivity (Wildman–Crippen MR) is 140 cm³/mol. The normalized spacial score (nSPS) is 23.5. The van der Waals surface area contributed by atoms with Crippen molar-refractivity contribution < 1.29 is 42.1 Å². The molecule has 9 nitrogen and oxygen atoms in total. The number of allylic oxidation sites excluding steroid dienone is 2. The minimum absolute atomic E-state index is 0.0906. The average Bonchev–Trinajstić information content (AvgIpc) is 3.12. The number of aliphatic hydroxyl groups excluding tert-OH is 1. The van der Waals surface area contributed by atoms with Crippen LogP contribution < -0.4 is 0 Å². The van der Waals surface area contributed by atoms with E-state index in [1.165, 1.54) is 21.0 Å². The van der Waals surface area contributed by atoms with E-state index < -0.39 is 57.2 Å². The average molecular weight is 547 g/mol. The Morgan fingerprint density at radius 2 is 1.76 bits per heavy atom. The van der Waals surface area contributed by atoms with Crippen molar-refractivity contribution in [3.8, 4) is 0 Å². The van der Waals surface area contributed by atoms with Crippen molar-refractivity contribution in [2.75, 3.05) is 12.9 Å². The largest absolute Gasteiger partial charge is 0.469 e. The molecule has 0 aliphatic heterocycles. The number of ether oxygens (including phenoxy) is 3. The number of methoxy groups -OCH3 is 1. The molecule has 1 fully saturated rings. The molecule has 10 heteroatoms. The van der Waals surface area contributed by atoms with Gasteiger partial charge < -0.3 is 19.3 Å². The molecule has 1 N–H and O–H groups in total. The van der Waals surface area contributed by atoms with Gasteiger partial charge in [0.2, 0.25) is 0 Å². The minimum Gasteiger partial charge on any atom is -0.469 e. The molecule has 0 aromatic heterocycles. The van der Waals surface area contributed by atoms with Crippen molar-refractivity contribution >= 4 is 27.7 Å². The Morgan fingerprint density at radius 3 is 2.32 bits per heavy atom. The van der Waals surface area contributed by atoms with Crippen LogP contribution >= 0.6 is 0 Å². The van der Waals surface area contributed by atoms with Crippen molar-refractivity contribution in [1.82, 2.24) is 0 Å². The molecule has 1 aliphatic carbocycles. The molecule has 0 amide bonds. The van der Waals surface area contributed by atoms with Gasteiger partial charge in [0.1, 0.15) is 12.2 Å². The van der Waals surface area contributed by atoms with E-state index >= 15 is 0 Å². The maximum Gasteiger partial charge on any atom is 0.305 e. The fourth-order valence-corrected chi connectivity index (χ4v) is 7.02. The Kier molecular flexibility index (Phi) is 15.0. The number of carbonyl (C=O) groups excluding carboxylic acids is 3. The van der Waals surface area contributed by atoms with Gasteiger partial charge in [-0.25, -0.2) is 8.42 Å². The maximum atomic E-state index is 13.3. The molecule has 0 radical (unpaired) electrons. The van der Waals surface area contributed by atoms with Gasteiger partial charge in [0.25, 0.3) is 0 Å². The van der Waals surface area contributed by atoms with Gasteiger partial charge in [-0.2, -0.15) is 0 Å². The van der Waals surface area contributed by atoms with Crippen LogP contribution in [0.15, 0.2) is 12.2 Å². The van der Waals surface area contributed by atoms with Crippen molar-refractivity contribution in [1.29, 1.82) is 0 Å². The van der Waals surface area contributed by atoms with E-state index in [-0.39, 0.29) is 24.6 Å². The molecule has 3 unspecified atom stereocenters. The van der Waals surface area contributed by atoms with Gasteiger partial charge in [0.15, 0.2) is 9.84 Å². The number of hydrogen-bond acceptors (Lipinski definition) is 9. The third-order valence-electron chi connectivity index (χ3n) is 7.01. The number of aliphatic hydroxyl groups is 1. The molecule has 0 aromatic carbocycles. The summed E-state index contributed by atoms with van der Waals surface area (Å²) >= 11 is 0. The summed E-state index contributed by atoms with van der Waals surface area (Å²) in [6, 6.07) is 0. The first kappa shape index (κ1) is 33.1. The highest BCUT2D eigenvalue weighted by molar-refractivity contribution is 7.92. The first-order valence-corrected chi connectivity index (χ1v) is 15.1. The number of esters is 3. The highest BCUT2D eigenvalue weighted by Gasteiger charge is 2.51. The third-order valence-corrected chi connectivity index (χ3v) is 9.25. The molecular weight excluding hydrogens is 500 g/mol. The van der Waals surface area contributed by atoms with E-state index in [1.54, 1.807) is 6.92 Å². The highest BCUT2D eigenvalue weighted by atomic mass is 32.2. The Balaban J connectivity index is 3.21. The van der Waals surface area contributed by atoms with Crippen LogP contribution in [0.25, 0.3) is 0 Å². The second kappa shape index (κ2) is 16.8. The van der Waals surface area contributed by atoms with Gasteiger partial charge in [-0.05, 0) is 32.1 Å². The summed E-state index contributed by atoms with van der Waals surface area (Å²) in [5.41, 5.74) is 0. The zero-order valence-corrected chi connectivity index (χ0v) is 23.8. The van der Waals surface area contributed by atoms with Gasteiger partial charge in [0, 0.05) is 50.7 Å². The standard InChI is InChI=1S/C27H46O9S/c1-6-8-11-14-21(35-19(3)28)17-25(37(32,33)7-2)27-22(24(18-23(27)30)36-20(4)29)15-12-9-10-13-16-26(31)34-5/h9,12,21-25,27,30H,6-8,10-11,13-18H2,1-5H3/b12-9-/t21?,22-,23+,24-,25?,27?/m0/s1. The van der Waals surface area contributed by atoms with Crippen molar-refractivity contribution in [3.05, 3.63) is 12.2 Å². The molecule has 0 heterocycles. The SMILES string of the molecule is CCCCCC(CC(C1[C@H](O)C[C@H](OC(C)=O)[C@@H]1C/C=C\CCCC(=O)OC)S(=O)(=O)CC)OC(C)=O. The Bertz CT molecular complexity index is 852. The fourth-order valence-electron chi connectivity index (χ4n) is 5.22. The van der Waals surface area contributed by atoms with Gasteiger partial charge in [0.05, 0.1) is 18.5 Å². The summed E-state index contributed by atoms with van der Waals surface area (Å²) in [4.78, 5) is 34.9. The van der Waals surface area contributed by atoms with Crippen LogP contribution in [0.2, 0.25) is 0 Å². The van der Waals surface area contributed by atoms with Crippen LogP contribution in [0, 0.1) is 11.8 Å². The molecule has 37 heavy (non-hydrogen) atoms. The van der Waals surface area contributed by atoms with Crippen LogP contribution in [-0.2, 0) is 38.4 Å². The summed E-state index contributed by atoms with van der Waals surface area (Å²) in [5.74, 6) is -2.45. The lowest BCUT2D eigenvalue weighted by Crippen LogP contribution is -2.42. The second-order valence-corrected chi connectivity index (χ2v) is 12.3. The summed E-state index contributed by atoms with van der Waals surface area (Å²) in [6.07, 6.45) is 7.06. The third kappa shape index (κ3) is 11.5. The molecule has 0 bridgehead atoms. The number of sulfone groups is 1. The van der Waals surface area contributed by atoms with Crippen molar-refractivity contribution in [3.63, 3.8) is 0 Å². The van der Waals surface area contributed by atoms with Gasteiger partial charge in [-0.1, -0.05) is 38.8 Å². The van der Waals surface area contributed by atoms with Gasteiger partial charge in [-0.15, -0.1) is 0 Å². The second-order valence-electron chi connectivity index (χ2n) is 9.82. The summed E-state index contributed by atoms with van der Waals surface area (Å²) in [5, 5.41) is 10.1.